The largest absolute Gasteiger partial charge is 0.392 e. The van der Waals surface area contributed by atoms with Crippen molar-refractivity contribution in [3.8, 4) is 0 Å². The molecule has 0 aromatic carbocycles. The zero-order chi connectivity index (χ0) is 10.2. The zero-order valence-electron chi connectivity index (χ0n) is 9.42. The molecule has 82 valence electrons. The Balaban J connectivity index is 1.84. The second-order valence-electron chi connectivity index (χ2n) is 5.70. The van der Waals surface area contributed by atoms with E-state index in [1.165, 1.54) is 25.7 Å². The minimum Gasteiger partial charge on any atom is -0.392 e. The van der Waals surface area contributed by atoms with Crippen molar-refractivity contribution in [2.45, 2.75) is 70.6 Å². The van der Waals surface area contributed by atoms with Crippen molar-refractivity contribution in [2.24, 2.45) is 5.41 Å². The van der Waals surface area contributed by atoms with E-state index in [0.29, 0.717) is 17.5 Å². The number of hydrogen-bond acceptors (Lipinski definition) is 2. The summed E-state index contributed by atoms with van der Waals surface area (Å²) in [5.41, 5.74) is 0.456. The standard InChI is InChI=1S/C12H23NO/c1-12(2)8-7-11(12)13-9-5-3-4-6-10(9)14/h9-11,13-14H,3-8H2,1-2H3/t9-,10-,11?/m0/s1. The molecule has 0 aromatic heterocycles. The first-order valence-electron chi connectivity index (χ1n) is 6.04. The van der Waals surface area contributed by atoms with Gasteiger partial charge >= 0.3 is 0 Å². The number of hydrogen-bond donors (Lipinski definition) is 2. The van der Waals surface area contributed by atoms with E-state index in [4.69, 9.17) is 0 Å². The van der Waals surface area contributed by atoms with Crippen LogP contribution in [0.1, 0.15) is 52.4 Å². The molecule has 0 aromatic rings. The molecule has 14 heavy (non-hydrogen) atoms. The fraction of sp³-hybridized carbons (Fsp3) is 1.00. The molecule has 1 unspecified atom stereocenters. The molecule has 2 N–H and O–H groups in total. The van der Waals surface area contributed by atoms with Crippen LogP contribution in [0.15, 0.2) is 0 Å². The smallest absolute Gasteiger partial charge is 0.0693 e. The van der Waals surface area contributed by atoms with E-state index in [1.807, 2.05) is 0 Å². The third-order valence-electron chi connectivity index (χ3n) is 4.17. The minimum absolute atomic E-state index is 0.0971. The molecule has 2 heteroatoms. The number of aliphatic hydroxyl groups excluding tert-OH is 1. The van der Waals surface area contributed by atoms with Crippen LogP contribution in [-0.4, -0.2) is 23.3 Å². The van der Waals surface area contributed by atoms with Gasteiger partial charge in [0.1, 0.15) is 0 Å². The van der Waals surface area contributed by atoms with Gasteiger partial charge in [-0.25, -0.2) is 0 Å². The van der Waals surface area contributed by atoms with Crippen LogP contribution in [0.4, 0.5) is 0 Å². The van der Waals surface area contributed by atoms with Crippen molar-refractivity contribution in [3.05, 3.63) is 0 Å². The summed E-state index contributed by atoms with van der Waals surface area (Å²) >= 11 is 0. The Bertz CT molecular complexity index is 202. The Morgan fingerprint density at radius 2 is 1.86 bits per heavy atom. The van der Waals surface area contributed by atoms with Crippen LogP contribution in [0.5, 0.6) is 0 Å². The third kappa shape index (κ3) is 1.96. The first-order valence-corrected chi connectivity index (χ1v) is 6.04. The van der Waals surface area contributed by atoms with Crippen molar-refractivity contribution in [1.29, 1.82) is 0 Å². The van der Waals surface area contributed by atoms with Gasteiger partial charge in [0.2, 0.25) is 0 Å². The summed E-state index contributed by atoms with van der Waals surface area (Å²) in [6.45, 7) is 4.65. The fourth-order valence-electron chi connectivity index (χ4n) is 2.74. The van der Waals surface area contributed by atoms with Crippen LogP contribution >= 0.6 is 0 Å². The van der Waals surface area contributed by atoms with E-state index >= 15 is 0 Å². The van der Waals surface area contributed by atoms with Crippen LogP contribution in [0, 0.1) is 5.41 Å². The Labute approximate surface area is 87.1 Å². The molecular formula is C12H23NO. The average Bonchev–Trinajstić information content (AvgIpc) is 2.15. The second-order valence-corrected chi connectivity index (χ2v) is 5.70. The highest BCUT2D eigenvalue weighted by molar-refractivity contribution is 4.97. The van der Waals surface area contributed by atoms with Crippen LogP contribution in [0.25, 0.3) is 0 Å². The molecule has 2 rings (SSSR count). The molecule has 2 nitrogen and oxygen atoms in total. The summed E-state index contributed by atoms with van der Waals surface area (Å²) < 4.78 is 0. The van der Waals surface area contributed by atoms with Crippen molar-refractivity contribution in [1.82, 2.24) is 5.32 Å². The SMILES string of the molecule is CC1(C)CCC1N[C@H]1CCCC[C@@H]1O. The number of aliphatic hydroxyl groups is 1. The van der Waals surface area contributed by atoms with Gasteiger partial charge in [-0.2, -0.15) is 0 Å². The molecule has 2 aliphatic carbocycles. The quantitative estimate of drug-likeness (QED) is 0.710. The molecular weight excluding hydrogens is 174 g/mol. The van der Waals surface area contributed by atoms with E-state index in [2.05, 4.69) is 19.2 Å². The van der Waals surface area contributed by atoms with Crippen molar-refractivity contribution < 1.29 is 5.11 Å². The predicted molar refractivity (Wildman–Crippen MR) is 58.2 cm³/mol. The highest BCUT2D eigenvalue weighted by atomic mass is 16.3. The summed E-state index contributed by atoms with van der Waals surface area (Å²) in [7, 11) is 0. The van der Waals surface area contributed by atoms with E-state index in [9.17, 15) is 5.11 Å². The van der Waals surface area contributed by atoms with Crippen LogP contribution in [-0.2, 0) is 0 Å². The molecule has 2 saturated carbocycles. The molecule has 3 atom stereocenters. The molecule has 2 aliphatic rings. The fourth-order valence-corrected chi connectivity index (χ4v) is 2.74. The minimum atomic E-state index is -0.0971. The normalized spacial score (nSPS) is 41.8. The first kappa shape index (κ1) is 10.4. The maximum atomic E-state index is 9.85. The lowest BCUT2D eigenvalue weighted by molar-refractivity contribution is 0.0389. The lowest BCUT2D eigenvalue weighted by Crippen LogP contribution is -2.56. The third-order valence-corrected chi connectivity index (χ3v) is 4.17. The summed E-state index contributed by atoms with van der Waals surface area (Å²) in [4.78, 5) is 0. The van der Waals surface area contributed by atoms with Gasteiger partial charge < -0.3 is 10.4 Å². The molecule has 0 amide bonds. The monoisotopic (exact) mass is 197 g/mol. The van der Waals surface area contributed by atoms with Gasteiger partial charge in [-0.05, 0) is 31.1 Å². The van der Waals surface area contributed by atoms with Crippen molar-refractivity contribution >= 4 is 0 Å². The highest BCUT2D eigenvalue weighted by Crippen LogP contribution is 2.40. The number of nitrogens with one attached hydrogen (secondary N) is 1. The van der Waals surface area contributed by atoms with Gasteiger partial charge in [0, 0.05) is 12.1 Å². The summed E-state index contributed by atoms with van der Waals surface area (Å²) in [5.74, 6) is 0. The maximum absolute atomic E-state index is 9.85. The lowest BCUT2D eigenvalue weighted by atomic mass is 9.67. The number of rotatable bonds is 2. The summed E-state index contributed by atoms with van der Waals surface area (Å²) in [6, 6.07) is 1.01. The van der Waals surface area contributed by atoms with Gasteiger partial charge in [0.15, 0.2) is 0 Å². The van der Waals surface area contributed by atoms with Crippen LogP contribution in [0.3, 0.4) is 0 Å². The summed E-state index contributed by atoms with van der Waals surface area (Å²) in [5, 5.41) is 13.5. The van der Waals surface area contributed by atoms with Crippen LogP contribution in [0.2, 0.25) is 0 Å². The molecule has 0 heterocycles. The van der Waals surface area contributed by atoms with E-state index < -0.39 is 0 Å². The van der Waals surface area contributed by atoms with Crippen molar-refractivity contribution in [3.63, 3.8) is 0 Å². The molecule has 0 spiro atoms. The lowest BCUT2D eigenvalue weighted by Gasteiger charge is -2.48. The first-order chi connectivity index (χ1) is 6.59. The topological polar surface area (TPSA) is 32.3 Å². The highest BCUT2D eigenvalue weighted by Gasteiger charge is 2.40. The molecule has 0 aliphatic heterocycles. The second kappa shape index (κ2) is 3.82. The Morgan fingerprint density at radius 3 is 2.36 bits per heavy atom. The van der Waals surface area contributed by atoms with Crippen molar-refractivity contribution in [2.75, 3.05) is 0 Å². The maximum Gasteiger partial charge on any atom is 0.0693 e. The Kier molecular flexibility index (Phi) is 2.85. The Morgan fingerprint density at radius 1 is 1.14 bits per heavy atom. The zero-order valence-corrected chi connectivity index (χ0v) is 9.42. The van der Waals surface area contributed by atoms with E-state index in [0.717, 1.165) is 12.8 Å². The van der Waals surface area contributed by atoms with Crippen LogP contribution < -0.4 is 5.32 Å². The van der Waals surface area contributed by atoms with Gasteiger partial charge in [0.25, 0.3) is 0 Å². The van der Waals surface area contributed by atoms with Gasteiger partial charge in [-0.3, -0.25) is 0 Å². The summed E-state index contributed by atoms with van der Waals surface area (Å²) in [6.07, 6.45) is 7.15. The predicted octanol–water partition coefficient (Wildman–Crippen LogP) is 2.07. The molecule has 2 fully saturated rings. The van der Waals surface area contributed by atoms with Gasteiger partial charge in [0.05, 0.1) is 6.10 Å². The molecule has 0 saturated heterocycles. The van der Waals surface area contributed by atoms with E-state index in [-0.39, 0.29) is 6.10 Å². The van der Waals surface area contributed by atoms with E-state index in [1.54, 1.807) is 0 Å². The Hall–Kier alpha value is -0.0800. The molecule has 0 bridgehead atoms. The molecule has 0 radical (unpaired) electrons. The average molecular weight is 197 g/mol. The van der Waals surface area contributed by atoms with Gasteiger partial charge in [-0.15, -0.1) is 0 Å². The van der Waals surface area contributed by atoms with Gasteiger partial charge in [-0.1, -0.05) is 26.7 Å².